The summed E-state index contributed by atoms with van der Waals surface area (Å²) in [6.45, 7) is 7.42. The van der Waals surface area contributed by atoms with Crippen LogP contribution in [0.3, 0.4) is 0 Å². The molecule has 1 heterocycles. The molecular weight excluding hydrogens is 483 g/mol. The Bertz CT molecular complexity index is 754. The molecule has 3 N–H and O–H groups in total. The molecule has 0 aliphatic rings. The number of pyridine rings is 1. The van der Waals surface area contributed by atoms with Crippen LogP contribution in [0.15, 0.2) is 47.6 Å². The second-order valence-corrected chi connectivity index (χ2v) is 6.50. The van der Waals surface area contributed by atoms with Crippen LogP contribution < -0.4 is 20.1 Å². The Balaban J connectivity index is 0.00000420. The number of aromatic nitrogens is 1. The number of aliphatic imine (C=N–C) groups is 1. The van der Waals surface area contributed by atoms with Crippen LogP contribution in [0.2, 0.25) is 0 Å². The molecule has 7 nitrogen and oxygen atoms in total. The van der Waals surface area contributed by atoms with Crippen LogP contribution in [0, 0.1) is 0 Å². The van der Waals surface area contributed by atoms with Gasteiger partial charge < -0.3 is 25.2 Å². The van der Waals surface area contributed by atoms with Crippen LogP contribution in [0.25, 0.3) is 0 Å². The van der Waals surface area contributed by atoms with Crippen molar-refractivity contribution >= 4 is 29.9 Å². The smallest absolute Gasteiger partial charge is 0.218 e. The summed E-state index contributed by atoms with van der Waals surface area (Å²) < 4.78 is 10.9. The minimum atomic E-state index is -0.662. The number of nitrogens with zero attached hydrogens (tertiary/aromatic N) is 2. The van der Waals surface area contributed by atoms with E-state index in [1.54, 1.807) is 13.3 Å². The molecule has 2 rings (SSSR count). The molecule has 0 spiro atoms. The van der Waals surface area contributed by atoms with Gasteiger partial charge in [0.25, 0.3) is 0 Å². The van der Waals surface area contributed by atoms with Crippen LogP contribution in [-0.2, 0) is 6.54 Å². The lowest BCUT2D eigenvalue weighted by Crippen LogP contribution is -2.39. The molecule has 0 aliphatic carbocycles. The van der Waals surface area contributed by atoms with Crippen molar-refractivity contribution in [3.63, 3.8) is 0 Å². The first-order valence-electron chi connectivity index (χ1n) is 9.48. The number of methoxy groups -OCH3 is 1. The molecule has 0 saturated carbocycles. The first kappa shape index (κ1) is 25.0. The van der Waals surface area contributed by atoms with Gasteiger partial charge in [0.2, 0.25) is 5.88 Å². The predicted molar refractivity (Wildman–Crippen MR) is 126 cm³/mol. The third kappa shape index (κ3) is 8.45. The van der Waals surface area contributed by atoms with Gasteiger partial charge in [-0.15, -0.1) is 24.0 Å². The van der Waals surface area contributed by atoms with Crippen molar-refractivity contribution < 1.29 is 14.6 Å². The normalized spacial score (nSPS) is 12.1. The standard InChI is InChI=1S/C21H30N4O3.HI/c1-5-22-21(24-13-17-7-6-12-23-20(17)27-4)25-14-19(26)16-8-10-18(11-9-16)28-15(2)3;/h6-12,15,19,26H,5,13-14H2,1-4H3,(H2,22,24,25);1H. The topological polar surface area (TPSA) is 88.0 Å². The summed E-state index contributed by atoms with van der Waals surface area (Å²) in [5.74, 6) is 1.97. The summed E-state index contributed by atoms with van der Waals surface area (Å²) in [5, 5.41) is 16.8. The maximum Gasteiger partial charge on any atom is 0.218 e. The molecule has 1 atom stereocenters. The van der Waals surface area contributed by atoms with Gasteiger partial charge in [0.05, 0.1) is 25.9 Å². The van der Waals surface area contributed by atoms with Gasteiger partial charge >= 0.3 is 0 Å². The molecule has 1 unspecified atom stereocenters. The van der Waals surface area contributed by atoms with E-state index in [1.165, 1.54) is 0 Å². The summed E-state index contributed by atoms with van der Waals surface area (Å²) in [4.78, 5) is 8.73. The lowest BCUT2D eigenvalue weighted by Gasteiger charge is -2.16. The summed E-state index contributed by atoms with van der Waals surface area (Å²) in [6, 6.07) is 11.3. The molecule has 0 aliphatic heterocycles. The minimum Gasteiger partial charge on any atom is -0.491 e. The molecule has 1 aromatic carbocycles. The second kappa shape index (κ2) is 13.2. The highest BCUT2D eigenvalue weighted by Crippen LogP contribution is 2.18. The predicted octanol–water partition coefficient (Wildman–Crippen LogP) is 3.28. The Morgan fingerprint density at radius 1 is 1.17 bits per heavy atom. The van der Waals surface area contributed by atoms with Crippen LogP contribution in [0.5, 0.6) is 11.6 Å². The van der Waals surface area contributed by atoms with E-state index in [1.807, 2.05) is 57.2 Å². The third-order valence-corrected chi connectivity index (χ3v) is 3.89. The van der Waals surface area contributed by atoms with Gasteiger partial charge in [0, 0.05) is 24.8 Å². The third-order valence-electron chi connectivity index (χ3n) is 3.89. The van der Waals surface area contributed by atoms with Crippen LogP contribution in [0.1, 0.15) is 38.0 Å². The number of ether oxygens (including phenoxy) is 2. The zero-order valence-electron chi connectivity index (χ0n) is 17.4. The molecule has 0 radical (unpaired) electrons. The minimum absolute atomic E-state index is 0. The average Bonchev–Trinajstić information content (AvgIpc) is 2.70. The van der Waals surface area contributed by atoms with Crippen molar-refractivity contribution in [2.75, 3.05) is 20.2 Å². The van der Waals surface area contributed by atoms with Crippen molar-refractivity contribution in [3.05, 3.63) is 53.7 Å². The average molecular weight is 514 g/mol. The first-order chi connectivity index (χ1) is 13.5. The number of benzene rings is 1. The van der Waals surface area contributed by atoms with Gasteiger partial charge in [-0.2, -0.15) is 0 Å². The van der Waals surface area contributed by atoms with E-state index in [-0.39, 0.29) is 30.1 Å². The van der Waals surface area contributed by atoms with Crippen molar-refractivity contribution in [1.29, 1.82) is 0 Å². The van der Waals surface area contributed by atoms with Crippen molar-refractivity contribution in [2.24, 2.45) is 4.99 Å². The number of guanidine groups is 1. The van der Waals surface area contributed by atoms with Crippen LogP contribution in [0.4, 0.5) is 0 Å². The van der Waals surface area contributed by atoms with Gasteiger partial charge in [-0.25, -0.2) is 9.98 Å². The van der Waals surface area contributed by atoms with E-state index in [0.29, 0.717) is 31.5 Å². The molecule has 160 valence electrons. The molecule has 0 amide bonds. The fraction of sp³-hybridized carbons (Fsp3) is 0.429. The summed E-state index contributed by atoms with van der Waals surface area (Å²) in [5.41, 5.74) is 1.71. The van der Waals surface area contributed by atoms with Gasteiger partial charge in [-0.05, 0) is 44.5 Å². The Hall–Kier alpha value is -2.07. The zero-order chi connectivity index (χ0) is 20.4. The number of hydrogen-bond acceptors (Lipinski definition) is 5. The van der Waals surface area contributed by atoms with E-state index in [2.05, 4.69) is 20.6 Å². The van der Waals surface area contributed by atoms with Gasteiger partial charge in [-0.1, -0.05) is 18.2 Å². The monoisotopic (exact) mass is 514 g/mol. The number of rotatable bonds is 9. The molecule has 0 fully saturated rings. The number of halogens is 1. The first-order valence-corrected chi connectivity index (χ1v) is 9.48. The van der Waals surface area contributed by atoms with E-state index in [4.69, 9.17) is 9.47 Å². The summed E-state index contributed by atoms with van der Waals surface area (Å²) in [7, 11) is 1.59. The SMILES string of the molecule is CCNC(=NCc1cccnc1OC)NCC(O)c1ccc(OC(C)C)cc1.I. The number of aliphatic hydroxyl groups is 1. The van der Waals surface area contributed by atoms with Crippen molar-refractivity contribution in [1.82, 2.24) is 15.6 Å². The highest BCUT2D eigenvalue weighted by Gasteiger charge is 2.10. The van der Waals surface area contributed by atoms with Crippen molar-refractivity contribution in [2.45, 2.75) is 39.5 Å². The molecule has 8 heteroatoms. The van der Waals surface area contributed by atoms with Gasteiger partial charge in [0.1, 0.15) is 5.75 Å². The summed E-state index contributed by atoms with van der Waals surface area (Å²) >= 11 is 0. The van der Waals surface area contributed by atoms with Crippen molar-refractivity contribution in [3.8, 4) is 11.6 Å². The Labute approximate surface area is 190 Å². The van der Waals surface area contributed by atoms with Crippen LogP contribution in [-0.4, -0.2) is 42.4 Å². The fourth-order valence-electron chi connectivity index (χ4n) is 2.59. The van der Waals surface area contributed by atoms with Crippen LogP contribution >= 0.6 is 24.0 Å². The molecule has 2 aromatic rings. The molecule has 0 saturated heterocycles. The van der Waals surface area contributed by atoms with Gasteiger partial charge in [0.15, 0.2) is 5.96 Å². The summed E-state index contributed by atoms with van der Waals surface area (Å²) in [6.07, 6.45) is 1.14. The molecular formula is C21H31IN4O3. The Morgan fingerprint density at radius 2 is 1.90 bits per heavy atom. The molecule has 1 aromatic heterocycles. The lowest BCUT2D eigenvalue weighted by atomic mass is 10.1. The van der Waals surface area contributed by atoms with E-state index >= 15 is 0 Å². The van der Waals surface area contributed by atoms with Gasteiger partial charge in [-0.3, -0.25) is 0 Å². The Kier molecular flexibility index (Phi) is 11.4. The maximum absolute atomic E-state index is 10.5. The van der Waals surface area contributed by atoms with E-state index in [9.17, 15) is 5.11 Å². The quantitative estimate of drug-likeness (QED) is 0.271. The number of nitrogens with one attached hydrogen (secondary N) is 2. The second-order valence-electron chi connectivity index (χ2n) is 6.50. The molecule has 0 bridgehead atoms. The Morgan fingerprint density at radius 3 is 2.52 bits per heavy atom. The zero-order valence-corrected chi connectivity index (χ0v) is 19.7. The number of hydrogen-bond donors (Lipinski definition) is 3. The van der Waals surface area contributed by atoms with E-state index < -0.39 is 6.10 Å². The number of aliphatic hydroxyl groups excluding tert-OH is 1. The maximum atomic E-state index is 10.5. The fourth-order valence-corrected chi connectivity index (χ4v) is 2.59. The van der Waals surface area contributed by atoms with E-state index in [0.717, 1.165) is 16.9 Å². The lowest BCUT2D eigenvalue weighted by molar-refractivity contribution is 0.180. The highest BCUT2D eigenvalue weighted by atomic mass is 127. The largest absolute Gasteiger partial charge is 0.491 e. The highest BCUT2D eigenvalue weighted by molar-refractivity contribution is 14.0. The molecule has 29 heavy (non-hydrogen) atoms.